The van der Waals surface area contributed by atoms with Crippen LogP contribution in [0.5, 0.6) is 0 Å². The summed E-state index contributed by atoms with van der Waals surface area (Å²) in [6, 6.07) is 1.87. The first-order valence-electron chi connectivity index (χ1n) is 6.47. The van der Waals surface area contributed by atoms with Crippen LogP contribution in [0.25, 0.3) is 0 Å². The molecule has 5 heteroatoms. The largest absolute Gasteiger partial charge is 0.317 e. The minimum atomic E-state index is -0.707. The summed E-state index contributed by atoms with van der Waals surface area (Å²) in [5, 5.41) is 9.87. The predicted octanol–water partition coefficient (Wildman–Crippen LogP) is 1.92. The van der Waals surface area contributed by atoms with Gasteiger partial charge in [-0.15, -0.1) is 0 Å². The van der Waals surface area contributed by atoms with E-state index in [0.717, 1.165) is 31.4 Å². The first-order valence-corrected chi connectivity index (χ1v) is 6.47. The molecule has 1 aliphatic rings. The Labute approximate surface area is 108 Å². The third kappa shape index (κ3) is 2.56. The second-order valence-electron chi connectivity index (χ2n) is 6.23. The van der Waals surface area contributed by atoms with E-state index in [4.69, 9.17) is 5.73 Å². The Balaban J connectivity index is 2.06. The van der Waals surface area contributed by atoms with E-state index in [0.29, 0.717) is 5.82 Å². The average Bonchev–Trinajstić information content (AvgIpc) is 2.86. The SMILES string of the molecule is CC(C)(C)c1cc(NC(=O)C2(N)CCCC2)n[nH]1. The number of carbonyl (C=O) groups excluding carboxylic acids is 1. The molecular weight excluding hydrogens is 228 g/mol. The van der Waals surface area contributed by atoms with Crippen LogP contribution in [0.2, 0.25) is 0 Å². The molecule has 5 nitrogen and oxygen atoms in total. The number of carbonyl (C=O) groups is 1. The number of nitrogens with two attached hydrogens (primary N) is 1. The molecule has 0 spiro atoms. The lowest BCUT2D eigenvalue weighted by molar-refractivity contribution is -0.121. The van der Waals surface area contributed by atoms with Crippen molar-refractivity contribution in [2.45, 2.75) is 57.4 Å². The van der Waals surface area contributed by atoms with Crippen LogP contribution in [-0.2, 0) is 10.2 Å². The molecule has 2 rings (SSSR count). The monoisotopic (exact) mass is 250 g/mol. The van der Waals surface area contributed by atoms with Crippen molar-refractivity contribution in [1.82, 2.24) is 10.2 Å². The summed E-state index contributed by atoms with van der Waals surface area (Å²) in [6.45, 7) is 6.27. The van der Waals surface area contributed by atoms with Gasteiger partial charge in [0.15, 0.2) is 5.82 Å². The maximum atomic E-state index is 12.1. The van der Waals surface area contributed by atoms with Crippen LogP contribution in [0.4, 0.5) is 5.82 Å². The highest BCUT2D eigenvalue weighted by molar-refractivity contribution is 5.97. The molecule has 0 atom stereocenters. The van der Waals surface area contributed by atoms with E-state index in [9.17, 15) is 4.79 Å². The van der Waals surface area contributed by atoms with Gasteiger partial charge in [-0.25, -0.2) is 0 Å². The van der Waals surface area contributed by atoms with Crippen molar-refractivity contribution in [2.24, 2.45) is 5.73 Å². The lowest BCUT2D eigenvalue weighted by Gasteiger charge is -2.21. The zero-order valence-electron chi connectivity index (χ0n) is 11.3. The van der Waals surface area contributed by atoms with Crippen molar-refractivity contribution in [3.05, 3.63) is 11.8 Å². The fourth-order valence-electron chi connectivity index (χ4n) is 2.24. The van der Waals surface area contributed by atoms with E-state index in [1.54, 1.807) is 0 Å². The number of aromatic amines is 1. The molecule has 0 radical (unpaired) electrons. The molecule has 1 aromatic heterocycles. The smallest absolute Gasteiger partial charge is 0.245 e. The highest BCUT2D eigenvalue weighted by Gasteiger charge is 2.37. The molecule has 0 saturated heterocycles. The highest BCUT2D eigenvalue weighted by atomic mass is 16.2. The summed E-state index contributed by atoms with van der Waals surface area (Å²) in [5.41, 5.74) is 6.37. The van der Waals surface area contributed by atoms with Crippen LogP contribution in [0, 0.1) is 0 Å². The first-order chi connectivity index (χ1) is 8.31. The van der Waals surface area contributed by atoms with Crippen LogP contribution in [0.15, 0.2) is 6.07 Å². The standard InChI is InChI=1S/C13H22N4O/c1-12(2,3)9-8-10(17-16-9)15-11(18)13(14)6-4-5-7-13/h8H,4-7,14H2,1-3H3,(H2,15,16,17,18). The maximum absolute atomic E-state index is 12.1. The van der Waals surface area contributed by atoms with Crippen molar-refractivity contribution >= 4 is 11.7 Å². The number of nitrogens with zero attached hydrogens (tertiary/aromatic N) is 1. The normalized spacial score (nSPS) is 18.9. The average molecular weight is 250 g/mol. The molecule has 1 heterocycles. The molecule has 4 N–H and O–H groups in total. The van der Waals surface area contributed by atoms with Crippen molar-refractivity contribution in [3.8, 4) is 0 Å². The van der Waals surface area contributed by atoms with Gasteiger partial charge in [0.2, 0.25) is 5.91 Å². The number of rotatable bonds is 2. The van der Waals surface area contributed by atoms with Gasteiger partial charge < -0.3 is 11.1 Å². The maximum Gasteiger partial charge on any atom is 0.245 e. The second kappa shape index (κ2) is 4.39. The molecule has 0 bridgehead atoms. The van der Waals surface area contributed by atoms with Gasteiger partial charge in [0, 0.05) is 17.2 Å². The summed E-state index contributed by atoms with van der Waals surface area (Å²) in [6.07, 6.45) is 3.57. The van der Waals surface area contributed by atoms with E-state index in [-0.39, 0.29) is 11.3 Å². The van der Waals surface area contributed by atoms with E-state index in [2.05, 4.69) is 36.3 Å². The number of anilines is 1. The van der Waals surface area contributed by atoms with Gasteiger partial charge in [0.25, 0.3) is 0 Å². The molecule has 18 heavy (non-hydrogen) atoms. The quantitative estimate of drug-likeness (QED) is 0.749. The second-order valence-corrected chi connectivity index (χ2v) is 6.23. The van der Waals surface area contributed by atoms with E-state index in [1.165, 1.54) is 0 Å². The molecule has 1 aromatic rings. The lowest BCUT2D eigenvalue weighted by Crippen LogP contribution is -2.48. The van der Waals surface area contributed by atoms with Crippen LogP contribution in [-0.4, -0.2) is 21.6 Å². The van der Waals surface area contributed by atoms with E-state index < -0.39 is 5.54 Å². The molecule has 0 aromatic carbocycles. The molecule has 100 valence electrons. The molecule has 0 aliphatic heterocycles. The summed E-state index contributed by atoms with van der Waals surface area (Å²) in [4.78, 5) is 12.1. The van der Waals surface area contributed by atoms with Crippen LogP contribution >= 0.6 is 0 Å². The van der Waals surface area contributed by atoms with Gasteiger partial charge >= 0.3 is 0 Å². The number of amides is 1. The Kier molecular flexibility index (Phi) is 3.19. The van der Waals surface area contributed by atoms with Gasteiger partial charge in [-0.05, 0) is 12.8 Å². The van der Waals surface area contributed by atoms with E-state index in [1.807, 2.05) is 6.07 Å². The predicted molar refractivity (Wildman–Crippen MR) is 71.3 cm³/mol. The lowest BCUT2D eigenvalue weighted by atomic mass is 9.92. The number of nitrogens with one attached hydrogen (secondary N) is 2. The summed E-state index contributed by atoms with van der Waals surface area (Å²) in [7, 11) is 0. The summed E-state index contributed by atoms with van der Waals surface area (Å²) < 4.78 is 0. The van der Waals surface area contributed by atoms with Crippen LogP contribution in [0.3, 0.4) is 0 Å². The topological polar surface area (TPSA) is 83.8 Å². The van der Waals surface area contributed by atoms with Crippen LogP contribution < -0.4 is 11.1 Å². The summed E-state index contributed by atoms with van der Waals surface area (Å²) >= 11 is 0. The molecule has 0 unspecified atom stereocenters. The molecule has 1 fully saturated rings. The number of hydrogen-bond acceptors (Lipinski definition) is 3. The Morgan fingerprint density at radius 3 is 2.56 bits per heavy atom. The fourth-order valence-corrected chi connectivity index (χ4v) is 2.24. The fraction of sp³-hybridized carbons (Fsp3) is 0.692. The highest BCUT2D eigenvalue weighted by Crippen LogP contribution is 2.28. The van der Waals surface area contributed by atoms with Gasteiger partial charge in [-0.1, -0.05) is 33.6 Å². The first kappa shape index (κ1) is 13.1. The third-order valence-electron chi connectivity index (χ3n) is 3.58. The van der Waals surface area contributed by atoms with Gasteiger partial charge in [0.1, 0.15) is 0 Å². The molecule has 1 aliphatic carbocycles. The van der Waals surface area contributed by atoms with Gasteiger partial charge in [0.05, 0.1) is 5.54 Å². The van der Waals surface area contributed by atoms with Gasteiger partial charge in [-0.3, -0.25) is 9.89 Å². The third-order valence-corrected chi connectivity index (χ3v) is 3.58. The molecule has 1 amide bonds. The Morgan fingerprint density at radius 2 is 2.06 bits per heavy atom. The Hall–Kier alpha value is -1.36. The van der Waals surface area contributed by atoms with Gasteiger partial charge in [-0.2, -0.15) is 5.10 Å². The van der Waals surface area contributed by atoms with E-state index >= 15 is 0 Å². The summed E-state index contributed by atoms with van der Waals surface area (Å²) in [5.74, 6) is 0.439. The Bertz CT molecular complexity index is 438. The van der Waals surface area contributed by atoms with Crippen molar-refractivity contribution in [2.75, 3.05) is 5.32 Å². The minimum Gasteiger partial charge on any atom is -0.317 e. The van der Waals surface area contributed by atoms with Crippen molar-refractivity contribution in [3.63, 3.8) is 0 Å². The number of aromatic nitrogens is 2. The minimum absolute atomic E-state index is 0.0102. The number of hydrogen-bond donors (Lipinski definition) is 3. The molecular formula is C13H22N4O. The van der Waals surface area contributed by atoms with Crippen molar-refractivity contribution in [1.29, 1.82) is 0 Å². The zero-order valence-corrected chi connectivity index (χ0v) is 11.3. The van der Waals surface area contributed by atoms with Crippen LogP contribution in [0.1, 0.15) is 52.1 Å². The molecule has 1 saturated carbocycles. The Morgan fingerprint density at radius 1 is 1.44 bits per heavy atom. The zero-order chi connectivity index (χ0) is 13.4. The number of H-pyrrole nitrogens is 1. The van der Waals surface area contributed by atoms with Crippen molar-refractivity contribution < 1.29 is 4.79 Å².